The van der Waals surface area contributed by atoms with Gasteiger partial charge in [0.2, 0.25) is 0 Å². The normalized spacial score (nSPS) is 10.7. The topological polar surface area (TPSA) is 17.3 Å². The standard InChI is InChI=1S/C8H7BrN2/c1-6-10-5-7-3-2-4-8(9)11(6)7/h2-5H,1H3. The molecule has 2 heterocycles. The summed E-state index contributed by atoms with van der Waals surface area (Å²) in [7, 11) is 0. The molecule has 0 saturated carbocycles. The maximum absolute atomic E-state index is 4.19. The average Bonchev–Trinajstić information content (AvgIpc) is 2.34. The van der Waals surface area contributed by atoms with E-state index in [1.165, 1.54) is 0 Å². The SMILES string of the molecule is Cc1ncc2cccc(Br)n12. The van der Waals surface area contributed by atoms with E-state index in [-0.39, 0.29) is 0 Å². The highest BCUT2D eigenvalue weighted by Gasteiger charge is 1.99. The Morgan fingerprint density at radius 3 is 3.00 bits per heavy atom. The molecule has 0 aliphatic rings. The van der Waals surface area contributed by atoms with Crippen molar-refractivity contribution in [3.8, 4) is 0 Å². The summed E-state index contributed by atoms with van der Waals surface area (Å²) in [5.41, 5.74) is 1.12. The van der Waals surface area contributed by atoms with Gasteiger partial charge in [-0.3, -0.25) is 4.40 Å². The second-order valence-electron chi connectivity index (χ2n) is 2.41. The minimum atomic E-state index is 1.01. The summed E-state index contributed by atoms with van der Waals surface area (Å²) >= 11 is 3.45. The molecule has 0 N–H and O–H groups in total. The van der Waals surface area contributed by atoms with Gasteiger partial charge in [0.1, 0.15) is 5.82 Å². The molecule has 0 aliphatic heterocycles. The van der Waals surface area contributed by atoms with E-state index in [1.807, 2.05) is 31.3 Å². The number of halogens is 1. The van der Waals surface area contributed by atoms with Crippen LogP contribution in [-0.2, 0) is 0 Å². The molecular formula is C8H7BrN2. The Morgan fingerprint density at radius 2 is 2.27 bits per heavy atom. The van der Waals surface area contributed by atoms with Crippen LogP contribution in [0.1, 0.15) is 5.82 Å². The zero-order chi connectivity index (χ0) is 7.84. The Balaban J connectivity index is 2.96. The van der Waals surface area contributed by atoms with Gasteiger partial charge in [0.25, 0.3) is 0 Å². The first-order chi connectivity index (χ1) is 5.29. The third kappa shape index (κ3) is 0.959. The molecule has 2 rings (SSSR count). The van der Waals surface area contributed by atoms with Gasteiger partial charge in [-0.25, -0.2) is 4.98 Å². The molecule has 0 unspecified atom stereocenters. The maximum Gasteiger partial charge on any atom is 0.110 e. The molecule has 2 aromatic rings. The van der Waals surface area contributed by atoms with Gasteiger partial charge >= 0.3 is 0 Å². The molecule has 0 bridgehead atoms. The molecular weight excluding hydrogens is 204 g/mol. The summed E-state index contributed by atoms with van der Waals surface area (Å²) < 4.78 is 3.10. The van der Waals surface area contributed by atoms with Gasteiger partial charge in [0.05, 0.1) is 16.3 Å². The number of pyridine rings is 1. The molecule has 2 nitrogen and oxygen atoms in total. The molecule has 0 aliphatic carbocycles. The minimum Gasteiger partial charge on any atom is -0.291 e. The highest BCUT2D eigenvalue weighted by molar-refractivity contribution is 9.10. The quantitative estimate of drug-likeness (QED) is 0.611. The number of fused-ring (bicyclic) bond motifs is 1. The second-order valence-corrected chi connectivity index (χ2v) is 3.23. The lowest BCUT2D eigenvalue weighted by atomic mass is 10.4. The monoisotopic (exact) mass is 210 g/mol. The van der Waals surface area contributed by atoms with Crippen molar-refractivity contribution in [1.82, 2.24) is 9.38 Å². The summed E-state index contributed by atoms with van der Waals surface area (Å²) in [5, 5.41) is 0. The Morgan fingerprint density at radius 1 is 1.45 bits per heavy atom. The second kappa shape index (κ2) is 2.34. The van der Waals surface area contributed by atoms with Crippen molar-refractivity contribution < 1.29 is 0 Å². The van der Waals surface area contributed by atoms with Crippen molar-refractivity contribution >= 4 is 21.4 Å². The number of hydrogen-bond acceptors (Lipinski definition) is 1. The van der Waals surface area contributed by atoms with E-state index in [0.29, 0.717) is 0 Å². The van der Waals surface area contributed by atoms with Crippen LogP contribution in [0.25, 0.3) is 5.52 Å². The fraction of sp³-hybridized carbons (Fsp3) is 0.125. The molecule has 2 aromatic heterocycles. The van der Waals surface area contributed by atoms with Crippen LogP contribution in [0.2, 0.25) is 0 Å². The average molecular weight is 211 g/mol. The lowest BCUT2D eigenvalue weighted by molar-refractivity contribution is 1.02. The first-order valence-electron chi connectivity index (χ1n) is 3.37. The summed E-state index contributed by atoms with van der Waals surface area (Å²) in [6.07, 6.45) is 1.86. The number of hydrogen-bond donors (Lipinski definition) is 0. The van der Waals surface area contributed by atoms with Crippen LogP contribution >= 0.6 is 15.9 Å². The van der Waals surface area contributed by atoms with E-state index in [0.717, 1.165) is 15.9 Å². The molecule has 0 aromatic carbocycles. The summed E-state index contributed by atoms with van der Waals surface area (Å²) in [5.74, 6) is 1.01. The number of nitrogens with zero attached hydrogens (tertiary/aromatic N) is 2. The molecule has 56 valence electrons. The largest absolute Gasteiger partial charge is 0.291 e. The van der Waals surface area contributed by atoms with E-state index >= 15 is 0 Å². The van der Waals surface area contributed by atoms with Crippen LogP contribution in [0.3, 0.4) is 0 Å². The summed E-state index contributed by atoms with van der Waals surface area (Å²) in [6.45, 7) is 1.98. The van der Waals surface area contributed by atoms with Gasteiger partial charge in [-0.15, -0.1) is 0 Å². The molecule has 0 radical (unpaired) electrons. The van der Waals surface area contributed by atoms with Crippen molar-refractivity contribution in [3.05, 3.63) is 34.8 Å². The van der Waals surface area contributed by atoms with Gasteiger partial charge in [0, 0.05) is 0 Å². The fourth-order valence-electron chi connectivity index (χ4n) is 1.16. The molecule has 11 heavy (non-hydrogen) atoms. The fourth-order valence-corrected chi connectivity index (χ4v) is 1.77. The van der Waals surface area contributed by atoms with E-state index in [1.54, 1.807) is 0 Å². The Labute approximate surface area is 73.0 Å². The minimum absolute atomic E-state index is 1.01. The zero-order valence-corrected chi connectivity index (χ0v) is 7.67. The Bertz CT molecular complexity index is 392. The summed E-state index contributed by atoms with van der Waals surface area (Å²) in [4.78, 5) is 4.19. The van der Waals surface area contributed by atoms with E-state index < -0.39 is 0 Å². The summed E-state index contributed by atoms with van der Waals surface area (Å²) in [6, 6.07) is 6.03. The molecule has 0 amide bonds. The first-order valence-corrected chi connectivity index (χ1v) is 4.17. The highest BCUT2D eigenvalue weighted by Crippen LogP contribution is 2.14. The van der Waals surface area contributed by atoms with Crippen molar-refractivity contribution in [3.63, 3.8) is 0 Å². The van der Waals surface area contributed by atoms with Crippen LogP contribution in [0.5, 0.6) is 0 Å². The lowest BCUT2D eigenvalue weighted by Crippen LogP contribution is -1.88. The van der Waals surface area contributed by atoms with Gasteiger partial charge in [-0.2, -0.15) is 0 Å². The molecule has 0 fully saturated rings. The highest BCUT2D eigenvalue weighted by atomic mass is 79.9. The molecule has 0 saturated heterocycles. The van der Waals surface area contributed by atoms with Crippen LogP contribution in [-0.4, -0.2) is 9.38 Å². The van der Waals surface area contributed by atoms with Crippen LogP contribution < -0.4 is 0 Å². The molecule has 0 atom stereocenters. The number of aromatic nitrogens is 2. The van der Waals surface area contributed by atoms with Gasteiger partial charge in [0.15, 0.2) is 0 Å². The van der Waals surface area contributed by atoms with E-state index in [4.69, 9.17) is 0 Å². The third-order valence-electron chi connectivity index (χ3n) is 1.68. The first kappa shape index (κ1) is 6.85. The van der Waals surface area contributed by atoms with Crippen molar-refractivity contribution in [1.29, 1.82) is 0 Å². The molecule has 0 spiro atoms. The lowest BCUT2D eigenvalue weighted by Gasteiger charge is -1.97. The van der Waals surface area contributed by atoms with Gasteiger partial charge < -0.3 is 0 Å². The van der Waals surface area contributed by atoms with Gasteiger partial charge in [-0.05, 0) is 35.0 Å². The number of aryl methyl sites for hydroxylation is 1. The Kier molecular flexibility index (Phi) is 1.46. The van der Waals surface area contributed by atoms with Crippen molar-refractivity contribution in [2.24, 2.45) is 0 Å². The number of imidazole rings is 1. The van der Waals surface area contributed by atoms with E-state index in [2.05, 4.69) is 25.3 Å². The Hall–Kier alpha value is -0.830. The predicted octanol–water partition coefficient (Wildman–Crippen LogP) is 2.41. The zero-order valence-electron chi connectivity index (χ0n) is 6.08. The molecule has 3 heteroatoms. The van der Waals surface area contributed by atoms with Crippen molar-refractivity contribution in [2.75, 3.05) is 0 Å². The smallest absolute Gasteiger partial charge is 0.110 e. The maximum atomic E-state index is 4.19. The third-order valence-corrected chi connectivity index (χ3v) is 2.30. The number of rotatable bonds is 0. The predicted molar refractivity (Wildman–Crippen MR) is 47.6 cm³/mol. The van der Waals surface area contributed by atoms with Crippen molar-refractivity contribution in [2.45, 2.75) is 6.92 Å². The van der Waals surface area contributed by atoms with Crippen LogP contribution in [0.15, 0.2) is 29.0 Å². The van der Waals surface area contributed by atoms with E-state index in [9.17, 15) is 0 Å². The van der Waals surface area contributed by atoms with Crippen LogP contribution in [0, 0.1) is 6.92 Å². The van der Waals surface area contributed by atoms with Gasteiger partial charge in [-0.1, -0.05) is 6.07 Å². The van der Waals surface area contributed by atoms with Crippen LogP contribution in [0.4, 0.5) is 0 Å².